The third-order valence-corrected chi connectivity index (χ3v) is 4.80. The van der Waals surface area contributed by atoms with Crippen LogP contribution in [0.1, 0.15) is 28.5 Å². The highest BCUT2D eigenvalue weighted by Gasteiger charge is 2.56. The van der Waals surface area contributed by atoms with Crippen LogP contribution in [0.25, 0.3) is 10.9 Å². The predicted molar refractivity (Wildman–Crippen MR) is 107 cm³/mol. The van der Waals surface area contributed by atoms with Crippen LogP contribution in [0.5, 0.6) is 0 Å². The van der Waals surface area contributed by atoms with Crippen LogP contribution in [-0.2, 0) is 24.7 Å². The third-order valence-electron chi connectivity index (χ3n) is 4.33. The molecule has 0 amide bonds. The number of hydrogen-bond donors (Lipinski definition) is 3. The molecule has 0 aliphatic heterocycles. The second kappa shape index (κ2) is 7.81. The van der Waals surface area contributed by atoms with E-state index in [0.29, 0.717) is 0 Å². The first-order valence-corrected chi connectivity index (χ1v) is 9.12. The summed E-state index contributed by atoms with van der Waals surface area (Å²) < 4.78 is 4.82. The summed E-state index contributed by atoms with van der Waals surface area (Å²) >= 11 is 12.0. The highest BCUT2D eigenvalue weighted by atomic mass is 35.5. The van der Waals surface area contributed by atoms with Crippen LogP contribution in [0.2, 0.25) is 10.0 Å². The van der Waals surface area contributed by atoms with Gasteiger partial charge in [-0.05, 0) is 30.3 Å². The van der Waals surface area contributed by atoms with Gasteiger partial charge in [-0.3, -0.25) is 9.59 Å². The molecule has 0 aliphatic rings. The molecule has 3 aromatic rings. The summed E-state index contributed by atoms with van der Waals surface area (Å²) in [6.07, 6.45) is 0. The van der Waals surface area contributed by atoms with Crippen LogP contribution >= 0.6 is 23.2 Å². The van der Waals surface area contributed by atoms with E-state index in [-0.39, 0.29) is 32.2 Å². The quantitative estimate of drug-likeness (QED) is 0.297. The normalized spacial score (nSPS) is 11.3. The average Bonchev–Trinajstić information content (AvgIpc) is 3.03. The van der Waals surface area contributed by atoms with Crippen molar-refractivity contribution < 1.29 is 34.1 Å². The lowest BCUT2D eigenvalue weighted by Crippen LogP contribution is -2.48. The number of carbonyl (C=O) groups excluding carboxylic acids is 2. The maximum Gasteiger partial charge on any atom is 0.365 e. The Bertz CT molecular complexity index is 1200. The van der Waals surface area contributed by atoms with Crippen LogP contribution in [0.15, 0.2) is 42.5 Å². The zero-order chi connectivity index (χ0) is 22.2. The second-order valence-electron chi connectivity index (χ2n) is 6.29. The molecular weight excluding hydrogens is 437 g/mol. The van der Waals surface area contributed by atoms with Crippen molar-refractivity contribution >= 4 is 57.8 Å². The molecule has 0 bridgehead atoms. The van der Waals surface area contributed by atoms with E-state index in [9.17, 15) is 29.4 Å². The Morgan fingerprint density at radius 1 is 0.967 bits per heavy atom. The fourth-order valence-electron chi connectivity index (χ4n) is 3.13. The van der Waals surface area contributed by atoms with Crippen molar-refractivity contribution in [3.8, 4) is 0 Å². The number of fused-ring (bicyclic) bond motifs is 1. The van der Waals surface area contributed by atoms with Crippen molar-refractivity contribution in [1.82, 2.24) is 4.98 Å². The van der Waals surface area contributed by atoms with Crippen molar-refractivity contribution in [1.29, 1.82) is 0 Å². The number of benzene rings is 2. The molecule has 1 aromatic heterocycles. The third kappa shape index (κ3) is 3.51. The van der Waals surface area contributed by atoms with Gasteiger partial charge in [0.25, 0.3) is 0 Å². The first-order chi connectivity index (χ1) is 14.1. The number of carboxylic acid groups (broad SMARTS) is 2. The molecule has 1 heterocycles. The number of aromatic amines is 1. The number of nitrogens with one attached hydrogen (secondary N) is 1. The van der Waals surface area contributed by atoms with Gasteiger partial charge in [-0.15, -0.1) is 0 Å². The summed E-state index contributed by atoms with van der Waals surface area (Å²) in [7, 11) is 0. The number of halogens is 2. The molecule has 0 spiro atoms. The summed E-state index contributed by atoms with van der Waals surface area (Å²) in [4.78, 5) is 51.9. The maximum atomic E-state index is 13.2. The van der Waals surface area contributed by atoms with E-state index in [1.165, 1.54) is 42.5 Å². The van der Waals surface area contributed by atoms with Gasteiger partial charge in [0.15, 0.2) is 0 Å². The number of rotatable bonds is 6. The highest BCUT2D eigenvalue weighted by Crippen LogP contribution is 2.38. The Kier molecular flexibility index (Phi) is 5.56. The van der Waals surface area contributed by atoms with Gasteiger partial charge >= 0.3 is 23.5 Å². The lowest BCUT2D eigenvalue weighted by atomic mass is 9.88. The van der Waals surface area contributed by atoms with Crippen LogP contribution in [-0.4, -0.2) is 38.9 Å². The molecule has 0 saturated carbocycles. The molecule has 0 saturated heterocycles. The highest BCUT2D eigenvalue weighted by molar-refractivity contribution is 6.32. The topological polar surface area (TPSA) is 134 Å². The van der Waals surface area contributed by atoms with Gasteiger partial charge in [-0.2, -0.15) is 0 Å². The maximum absolute atomic E-state index is 13.2. The van der Waals surface area contributed by atoms with Crippen molar-refractivity contribution in [3.05, 3.63) is 69.3 Å². The molecule has 10 heteroatoms. The van der Waals surface area contributed by atoms with Crippen molar-refractivity contribution in [2.75, 3.05) is 0 Å². The molecule has 30 heavy (non-hydrogen) atoms. The van der Waals surface area contributed by atoms with Gasteiger partial charge in [-0.1, -0.05) is 35.3 Å². The zero-order valence-corrected chi connectivity index (χ0v) is 16.7. The minimum Gasteiger partial charge on any atom is -0.478 e. The minimum absolute atomic E-state index is 0.000993. The van der Waals surface area contributed by atoms with Gasteiger partial charge in [0.05, 0.1) is 11.3 Å². The first-order valence-electron chi connectivity index (χ1n) is 8.36. The Morgan fingerprint density at radius 2 is 1.60 bits per heavy atom. The molecule has 154 valence electrons. The SMILES string of the molecule is CC(=O)OC(C(=O)O)(C(=O)O)c1c(C(=O)c2cccc(Cl)c2)[nH]c2ccc(Cl)cc12. The molecular formula is C20H13Cl2NO7. The van der Waals surface area contributed by atoms with E-state index in [1.807, 2.05) is 0 Å². The first kappa shape index (κ1) is 21.4. The summed E-state index contributed by atoms with van der Waals surface area (Å²) in [5.41, 5.74) is -3.85. The predicted octanol–water partition coefficient (Wildman–Crippen LogP) is 3.63. The monoisotopic (exact) mass is 449 g/mol. The minimum atomic E-state index is -3.20. The van der Waals surface area contributed by atoms with Gasteiger partial charge in [-0.25, -0.2) is 9.59 Å². The molecule has 2 aromatic carbocycles. The smallest absolute Gasteiger partial charge is 0.365 e. The van der Waals surface area contributed by atoms with Crippen LogP contribution in [0.3, 0.4) is 0 Å². The number of carboxylic acids is 2. The van der Waals surface area contributed by atoms with Crippen molar-refractivity contribution in [3.63, 3.8) is 0 Å². The van der Waals surface area contributed by atoms with Crippen LogP contribution in [0.4, 0.5) is 0 Å². The molecule has 0 radical (unpaired) electrons. The average molecular weight is 450 g/mol. The van der Waals surface area contributed by atoms with Crippen molar-refractivity contribution in [2.24, 2.45) is 0 Å². The number of aliphatic carboxylic acids is 2. The van der Waals surface area contributed by atoms with Crippen LogP contribution in [0, 0.1) is 0 Å². The number of aromatic nitrogens is 1. The molecule has 3 rings (SSSR count). The number of ether oxygens (including phenoxy) is 1. The Labute approximate surface area is 179 Å². The number of H-pyrrole nitrogens is 1. The fourth-order valence-corrected chi connectivity index (χ4v) is 3.50. The van der Waals surface area contributed by atoms with E-state index in [2.05, 4.69) is 4.98 Å². The number of esters is 1. The van der Waals surface area contributed by atoms with Gasteiger partial charge < -0.3 is 19.9 Å². The Hall–Kier alpha value is -3.36. The second-order valence-corrected chi connectivity index (χ2v) is 7.16. The largest absolute Gasteiger partial charge is 0.478 e. The molecule has 0 atom stereocenters. The number of hydrogen-bond acceptors (Lipinski definition) is 5. The molecule has 3 N–H and O–H groups in total. The molecule has 0 fully saturated rings. The van der Waals surface area contributed by atoms with E-state index >= 15 is 0 Å². The van der Waals surface area contributed by atoms with E-state index in [1.54, 1.807) is 0 Å². The van der Waals surface area contributed by atoms with E-state index < -0.39 is 34.9 Å². The lowest BCUT2D eigenvalue weighted by molar-refractivity contribution is -0.191. The summed E-state index contributed by atoms with van der Waals surface area (Å²) in [6, 6.07) is 9.98. The molecule has 0 unspecified atom stereocenters. The van der Waals surface area contributed by atoms with Crippen LogP contribution < -0.4 is 0 Å². The van der Waals surface area contributed by atoms with Crippen molar-refractivity contribution in [2.45, 2.75) is 12.5 Å². The Morgan fingerprint density at radius 3 is 2.17 bits per heavy atom. The van der Waals surface area contributed by atoms with Gasteiger partial charge in [0.2, 0.25) is 5.78 Å². The van der Waals surface area contributed by atoms with Gasteiger partial charge in [0.1, 0.15) is 0 Å². The number of ketones is 1. The lowest BCUT2D eigenvalue weighted by Gasteiger charge is -2.25. The van der Waals surface area contributed by atoms with E-state index in [4.69, 9.17) is 27.9 Å². The summed E-state index contributed by atoms with van der Waals surface area (Å²) in [5.74, 6) is -5.91. The fraction of sp³-hybridized carbons (Fsp3) is 0.100. The van der Waals surface area contributed by atoms with Gasteiger partial charge in [0, 0.05) is 33.4 Å². The standard InChI is InChI=1S/C20H13Cl2NO7/c1-9(24)30-20(18(26)27,19(28)29)15-13-8-12(22)5-6-14(13)23-16(15)17(25)10-3-2-4-11(21)7-10/h2-8,23H,1H3,(H,26,27)(H,28,29). The molecule has 8 nitrogen and oxygen atoms in total. The zero-order valence-electron chi connectivity index (χ0n) is 15.2. The summed E-state index contributed by atoms with van der Waals surface area (Å²) in [6.45, 7) is 0.862. The molecule has 0 aliphatic carbocycles. The Balaban J connectivity index is 2.44. The van der Waals surface area contributed by atoms with E-state index in [0.717, 1.165) is 6.92 Å². The number of carbonyl (C=O) groups is 4. The summed E-state index contributed by atoms with van der Waals surface area (Å²) in [5, 5.41) is 20.0.